The van der Waals surface area contributed by atoms with E-state index in [4.69, 9.17) is 0 Å². The molecule has 1 atom stereocenters. The molecule has 0 radical (unpaired) electrons. The Morgan fingerprint density at radius 3 is 2.89 bits per heavy atom. The van der Waals surface area contributed by atoms with Crippen molar-refractivity contribution in [2.45, 2.75) is 25.8 Å². The summed E-state index contributed by atoms with van der Waals surface area (Å²) in [6, 6.07) is 0.496. The van der Waals surface area contributed by atoms with E-state index in [0.29, 0.717) is 17.6 Å². The molecule has 0 bridgehead atoms. The summed E-state index contributed by atoms with van der Waals surface area (Å²) in [5.74, 6) is 2.32. The molecular weight excluding hydrogens is 228 g/mol. The Morgan fingerprint density at radius 2 is 2.22 bits per heavy atom. The zero-order chi connectivity index (χ0) is 12.7. The highest BCUT2D eigenvalue weighted by atomic mass is 15.2. The molecule has 96 valence electrons. The number of hydrogen-bond donors (Lipinski definition) is 2. The summed E-state index contributed by atoms with van der Waals surface area (Å²) in [5.41, 5.74) is 1.61. The Balaban J connectivity index is 2.05. The normalized spacial score (nSPS) is 16.8. The molecule has 1 saturated carbocycles. The molecule has 3 rings (SSSR count). The first-order valence-electron chi connectivity index (χ1n) is 6.32. The lowest BCUT2D eigenvalue weighted by atomic mass is 10.2. The predicted octanol–water partition coefficient (Wildman–Crippen LogP) is 1.63. The second-order valence-electron chi connectivity index (χ2n) is 4.91. The molecule has 2 aromatic heterocycles. The standard InChI is InChI=1S/C12H18N6/c1-7(8-4-5-8)18(3)11-9-10(15-6-14-9)16-12(13-2)17-11/h6-8H,4-5H2,1-3H3,(H2,13,14,15,16,17). The Kier molecular flexibility index (Phi) is 2.57. The summed E-state index contributed by atoms with van der Waals surface area (Å²) in [6.07, 6.45) is 4.31. The maximum absolute atomic E-state index is 4.56. The zero-order valence-electron chi connectivity index (χ0n) is 10.9. The van der Waals surface area contributed by atoms with Gasteiger partial charge in [-0.05, 0) is 25.7 Å². The van der Waals surface area contributed by atoms with Gasteiger partial charge in [-0.3, -0.25) is 0 Å². The van der Waals surface area contributed by atoms with Crippen molar-refractivity contribution in [1.29, 1.82) is 0 Å². The van der Waals surface area contributed by atoms with Gasteiger partial charge in [0.05, 0.1) is 6.33 Å². The van der Waals surface area contributed by atoms with Crippen LogP contribution < -0.4 is 10.2 Å². The number of anilines is 2. The van der Waals surface area contributed by atoms with Crippen LogP contribution in [0.15, 0.2) is 6.33 Å². The highest BCUT2D eigenvalue weighted by Crippen LogP contribution is 2.36. The van der Waals surface area contributed by atoms with Crippen molar-refractivity contribution in [3.63, 3.8) is 0 Å². The van der Waals surface area contributed by atoms with Gasteiger partial charge in [-0.15, -0.1) is 0 Å². The van der Waals surface area contributed by atoms with Gasteiger partial charge in [-0.1, -0.05) is 0 Å². The van der Waals surface area contributed by atoms with E-state index < -0.39 is 0 Å². The van der Waals surface area contributed by atoms with Crippen LogP contribution in [0.5, 0.6) is 0 Å². The number of aromatic amines is 1. The molecule has 2 heterocycles. The van der Waals surface area contributed by atoms with Crippen LogP contribution in [0.4, 0.5) is 11.8 Å². The summed E-state index contributed by atoms with van der Waals surface area (Å²) in [5, 5.41) is 2.99. The molecule has 0 aliphatic heterocycles. The van der Waals surface area contributed by atoms with Crippen molar-refractivity contribution >= 4 is 22.9 Å². The number of hydrogen-bond acceptors (Lipinski definition) is 5. The largest absolute Gasteiger partial charge is 0.357 e. The van der Waals surface area contributed by atoms with Gasteiger partial charge in [0, 0.05) is 20.1 Å². The molecule has 1 aliphatic rings. The Morgan fingerprint density at radius 1 is 1.44 bits per heavy atom. The summed E-state index contributed by atoms with van der Waals surface area (Å²) in [4.78, 5) is 18.4. The molecule has 18 heavy (non-hydrogen) atoms. The van der Waals surface area contributed by atoms with E-state index in [1.807, 2.05) is 7.05 Å². The van der Waals surface area contributed by atoms with Crippen LogP contribution in [-0.4, -0.2) is 40.1 Å². The first-order chi connectivity index (χ1) is 8.70. The number of nitrogens with zero attached hydrogens (tertiary/aromatic N) is 4. The molecule has 0 spiro atoms. The maximum Gasteiger partial charge on any atom is 0.226 e. The predicted molar refractivity (Wildman–Crippen MR) is 71.8 cm³/mol. The van der Waals surface area contributed by atoms with Crippen molar-refractivity contribution < 1.29 is 0 Å². The van der Waals surface area contributed by atoms with E-state index in [-0.39, 0.29) is 0 Å². The lowest BCUT2D eigenvalue weighted by molar-refractivity contribution is 0.605. The van der Waals surface area contributed by atoms with Crippen LogP contribution in [0.2, 0.25) is 0 Å². The molecule has 0 aromatic carbocycles. The van der Waals surface area contributed by atoms with Crippen molar-refractivity contribution in [2.75, 3.05) is 24.3 Å². The van der Waals surface area contributed by atoms with Crippen LogP contribution in [0.1, 0.15) is 19.8 Å². The summed E-state index contributed by atoms with van der Waals surface area (Å²) >= 11 is 0. The van der Waals surface area contributed by atoms with Gasteiger partial charge in [-0.2, -0.15) is 9.97 Å². The third kappa shape index (κ3) is 1.77. The third-order valence-electron chi connectivity index (χ3n) is 3.74. The van der Waals surface area contributed by atoms with Gasteiger partial charge in [0.1, 0.15) is 5.52 Å². The molecule has 1 aliphatic carbocycles. The van der Waals surface area contributed by atoms with Gasteiger partial charge in [0.25, 0.3) is 0 Å². The SMILES string of the molecule is CNc1nc(N(C)C(C)C2CC2)c2[nH]cnc2n1. The second-order valence-corrected chi connectivity index (χ2v) is 4.91. The molecule has 6 heteroatoms. The molecule has 1 fully saturated rings. The van der Waals surface area contributed by atoms with Crippen LogP contribution in [0, 0.1) is 5.92 Å². The quantitative estimate of drug-likeness (QED) is 0.858. The Hall–Kier alpha value is -1.85. The topological polar surface area (TPSA) is 69.7 Å². The average molecular weight is 246 g/mol. The molecule has 2 N–H and O–H groups in total. The fraction of sp³-hybridized carbons (Fsp3) is 0.583. The van der Waals surface area contributed by atoms with Gasteiger partial charge in [-0.25, -0.2) is 4.98 Å². The minimum absolute atomic E-state index is 0.496. The Bertz CT molecular complexity index is 559. The van der Waals surface area contributed by atoms with E-state index in [9.17, 15) is 0 Å². The molecule has 6 nitrogen and oxygen atoms in total. The summed E-state index contributed by atoms with van der Waals surface area (Å²) < 4.78 is 0. The first kappa shape index (κ1) is 11.3. The highest BCUT2D eigenvalue weighted by molar-refractivity contribution is 5.84. The molecular formula is C12H18N6. The lowest BCUT2D eigenvalue weighted by Gasteiger charge is -2.26. The molecule has 2 aromatic rings. The highest BCUT2D eigenvalue weighted by Gasteiger charge is 2.32. The number of nitrogens with one attached hydrogen (secondary N) is 2. The van der Waals surface area contributed by atoms with Gasteiger partial charge >= 0.3 is 0 Å². The second kappa shape index (κ2) is 4.12. The van der Waals surface area contributed by atoms with Crippen molar-refractivity contribution in [3.05, 3.63) is 6.33 Å². The minimum atomic E-state index is 0.496. The number of aromatic nitrogens is 4. The van der Waals surface area contributed by atoms with Gasteiger partial charge in [0.2, 0.25) is 5.95 Å². The first-order valence-corrected chi connectivity index (χ1v) is 6.32. The van der Waals surface area contributed by atoms with Crippen molar-refractivity contribution in [2.24, 2.45) is 5.92 Å². The van der Waals surface area contributed by atoms with Crippen LogP contribution in [0.25, 0.3) is 11.2 Å². The lowest BCUT2D eigenvalue weighted by Crippen LogP contribution is -2.31. The zero-order valence-corrected chi connectivity index (χ0v) is 10.9. The fourth-order valence-electron chi connectivity index (χ4n) is 2.27. The number of H-pyrrole nitrogens is 1. The smallest absolute Gasteiger partial charge is 0.226 e. The van der Waals surface area contributed by atoms with Crippen LogP contribution in [-0.2, 0) is 0 Å². The molecule has 0 saturated heterocycles. The van der Waals surface area contributed by atoms with Gasteiger partial charge in [0.15, 0.2) is 11.5 Å². The monoisotopic (exact) mass is 246 g/mol. The minimum Gasteiger partial charge on any atom is -0.357 e. The molecule has 0 amide bonds. The van der Waals surface area contributed by atoms with E-state index >= 15 is 0 Å². The average Bonchev–Trinajstić information content (AvgIpc) is 3.13. The number of rotatable bonds is 4. The Labute approximate surface area is 106 Å². The molecule has 1 unspecified atom stereocenters. The van der Waals surface area contributed by atoms with E-state index in [1.165, 1.54) is 12.8 Å². The van der Waals surface area contributed by atoms with E-state index in [2.05, 4.69) is 44.1 Å². The van der Waals surface area contributed by atoms with Crippen LogP contribution in [0.3, 0.4) is 0 Å². The number of fused-ring (bicyclic) bond motifs is 1. The van der Waals surface area contributed by atoms with E-state index in [0.717, 1.165) is 17.3 Å². The summed E-state index contributed by atoms with van der Waals surface area (Å²) in [7, 11) is 3.91. The van der Waals surface area contributed by atoms with Crippen LogP contribution >= 0.6 is 0 Å². The number of imidazole rings is 1. The summed E-state index contributed by atoms with van der Waals surface area (Å²) in [6.45, 7) is 2.25. The maximum atomic E-state index is 4.56. The van der Waals surface area contributed by atoms with Gasteiger partial charge < -0.3 is 15.2 Å². The third-order valence-corrected chi connectivity index (χ3v) is 3.74. The fourth-order valence-corrected chi connectivity index (χ4v) is 2.27. The van der Waals surface area contributed by atoms with Crippen molar-refractivity contribution in [3.8, 4) is 0 Å². The van der Waals surface area contributed by atoms with Crippen molar-refractivity contribution in [1.82, 2.24) is 19.9 Å². The van der Waals surface area contributed by atoms with E-state index in [1.54, 1.807) is 6.33 Å².